The number of hydrogen-bond donors (Lipinski definition) is 3. The van der Waals surface area contributed by atoms with Crippen molar-refractivity contribution in [3.63, 3.8) is 0 Å². The van der Waals surface area contributed by atoms with E-state index in [4.69, 9.17) is 15.4 Å². The normalized spacial score (nSPS) is 29.1. The van der Waals surface area contributed by atoms with E-state index in [-0.39, 0.29) is 5.06 Å². The fourth-order valence-corrected chi connectivity index (χ4v) is 0.583. The zero-order valence-corrected chi connectivity index (χ0v) is 5.38. The first-order chi connectivity index (χ1) is 5.07. The summed E-state index contributed by atoms with van der Waals surface area (Å²) in [4.78, 5) is 13.4. The first-order valence-corrected chi connectivity index (χ1v) is 2.73. The predicted molar refractivity (Wildman–Crippen MR) is 33.8 cm³/mol. The molecule has 1 atom stereocenters. The van der Waals surface area contributed by atoms with E-state index in [1.54, 1.807) is 0 Å². The third-order valence-electron chi connectivity index (χ3n) is 1.17. The molecule has 0 saturated carbocycles. The molecule has 0 aromatic carbocycles. The van der Waals surface area contributed by atoms with Crippen molar-refractivity contribution in [3.05, 3.63) is 12.3 Å². The highest BCUT2D eigenvalue weighted by Gasteiger charge is 2.41. The van der Waals surface area contributed by atoms with Crippen LogP contribution in [0, 0.1) is 0 Å². The van der Waals surface area contributed by atoms with E-state index in [0.29, 0.717) is 0 Å². The van der Waals surface area contributed by atoms with Crippen LogP contribution >= 0.6 is 0 Å². The smallest absolute Gasteiger partial charge is 0.384 e. The number of aliphatic carboxylic acids is 1. The summed E-state index contributed by atoms with van der Waals surface area (Å²) in [5.74, 6) is -4.21. The maximum atomic E-state index is 10.3. The SMILES string of the molecule is O=C(O)C1(O)N=CC=CN1O. The van der Waals surface area contributed by atoms with Gasteiger partial charge in [0.05, 0.1) is 0 Å². The summed E-state index contributed by atoms with van der Waals surface area (Å²) < 4.78 is 0. The quantitative estimate of drug-likeness (QED) is 0.455. The molecular weight excluding hydrogens is 152 g/mol. The van der Waals surface area contributed by atoms with Gasteiger partial charge in [0.25, 0.3) is 0 Å². The molecule has 0 amide bonds. The molecule has 0 fully saturated rings. The molecule has 0 saturated heterocycles. The van der Waals surface area contributed by atoms with Gasteiger partial charge in [-0.25, -0.2) is 14.9 Å². The van der Waals surface area contributed by atoms with Gasteiger partial charge in [-0.15, -0.1) is 0 Å². The average Bonchev–Trinajstić information content (AvgIpc) is 1.95. The second kappa shape index (κ2) is 2.33. The van der Waals surface area contributed by atoms with Gasteiger partial charge < -0.3 is 10.2 Å². The maximum Gasteiger partial charge on any atom is 0.384 e. The van der Waals surface area contributed by atoms with Crippen molar-refractivity contribution < 1.29 is 20.2 Å². The third kappa shape index (κ3) is 1.08. The Labute approximate surface area is 61.7 Å². The highest BCUT2D eigenvalue weighted by Crippen LogP contribution is 2.14. The number of aliphatic imine (C=N–C) groups is 1. The van der Waals surface area contributed by atoms with Gasteiger partial charge in [-0.2, -0.15) is 0 Å². The summed E-state index contributed by atoms with van der Waals surface area (Å²) >= 11 is 0. The largest absolute Gasteiger partial charge is 0.476 e. The van der Waals surface area contributed by atoms with Crippen LogP contribution < -0.4 is 0 Å². The van der Waals surface area contributed by atoms with E-state index >= 15 is 0 Å². The molecule has 1 aliphatic rings. The Morgan fingerprint density at radius 1 is 1.64 bits per heavy atom. The fourth-order valence-electron chi connectivity index (χ4n) is 0.583. The number of carbonyl (C=O) groups is 1. The minimum absolute atomic E-state index is 0.106. The van der Waals surface area contributed by atoms with Crippen LogP contribution in [0.15, 0.2) is 17.3 Å². The monoisotopic (exact) mass is 158 g/mol. The van der Waals surface area contributed by atoms with Crippen molar-refractivity contribution >= 4 is 12.2 Å². The molecule has 6 nitrogen and oxygen atoms in total. The summed E-state index contributed by atoms with van der Waals surface area (Å²) in [5, 5.41) is 26.3. The van der Waals surface area contributed by atoms with Gasteiger partial charge in [0, 0.05) is 12.4 Å². The maximum absolute atomic E-state index is 10.3. The topological polar surface area (TPSA) is 93.4 Å². The zero-order chi connectivity index (χ0) is 8.48. The molecule has 3 N–H and O–H groups in total. The Bertz CT molecular complexity index is 237. The first kappa shape index (κ1) is 7.70. The van der Waals surface area contributed by atoms with E-state index in [1.807, 2.05) is 0 Å². The second-order valence-corrected chi connectivity index (χ2v) is 1.90. The van der Waals surface area contributed by atoms with Gasteiger partial charge in [-0.3, -0.25) is 5.21 Å². The van der Waals surface area contributed by atoms with Gasteiger partial charge in [0.15, 0.2) is 0 Å². The van der Waals surface area contributed by atoms with Gasteiger partial charge in [0.1, 0.15) is 0 Å². The molecule has 1 heterocycles. The van der Waals surface area contributed by atoms with Gasteiger partial charge in [-0.1, -0.05) is 0 Å². The van der Waals surface area contributed by atoms with E-state index in [0.717, 1.165) is 12.4 Å². The number of allylic oxidation sites excluding steroid dienone is 1. The Kier molecular flexibility index (Phi) is 1.63. The molecule has 60 valence electrons. The Morgan fingerprint density at radius 2 is 2.27 bits per heavy atom. The van der Waals surface area contributed by atoms with E-state index < -0.39 is 11.8 Å². The van der Waals surface area contributed by atoms with Crippen LogP contribution in [-0.2, 0) is 4.79 Å². The Balaban J connectivity index is 2.94. The van der Waals surface area contributed by atoms with Crippen molar-refractivity contribution in [2.45, 2.75) is 5.85 Å². The zero-order valence-electron chi connectivity index (χ0n) is 5.38. The number of carboxylic acids is 1. The molecule has 0 spiro atoms. The summed E-state index contributed by atoms with van der Waals surface area (Å²) in [6, 6.07) is 0. The molecule has 1 rings (SSSR count). The summed E-state index contributed by atoms with van der Waals surface area (Å²) in [7, 11) is 0. The molecule has 1 unspecified atom stereocenters. The average molecular weight is 158 g/mol. The van der Waals surface area contributed by atoms with Gasteiger partial charge >= 0.3 is 11.8 Å². The van der Waals surface area contributed by atoms with Gasteiger partial charge in [0.2, 0.25) is 0 Å². The van der Waals surface area contributed by atoms with Crippen molar-refractivity contribution in [2.75, 3.05) is 0 Å². The molecule has 0 aromatic rings. The Hall–Kier alpha value is -1.40. The minimum atomic E-state index is -2.57. The lowest BCUT2D eigenvalue weighted by molar-refractivity contribution is -0.236. The van der Waals surface area contributed by atoms with E-state index in [1.165, 1.54) is 6.08 Å². The molecule has 0 aliphatic carbocycles. The molecule has 0 aromatic heterocycles. The molecule has 6 heteroatoms. The summed E-state index contributed by atoms with van der Waals surface area (Å²) in [6.45, 7) is 0. The second-order valence-electron chi connectivity index (χ2n) is 1.90. The molecule has 0 radical (unpaired) electrons. The van der Waals surface area contributed by atoms with Crippen molar-refractivity contribution in [1.82, 2.24) is 5.06 Å². The van der Waals surface area contributed by atoms with Crippen LogP contribution in [0.3, 0.4) is 0 Å². The van der Waals surface area contributed by atoms with Crippen molar-refractivity contribution in [1.29, 1.82) is 0 Å². The number of nitrogens with zero attached hydrogens (tertiary/aromatic N) is 2. The predicted octanol–water partition coefficient (Wildman–Crippen LogP) is -0.994. The molecule has 1 aliphatic heterocycles. The van der Waals surface area contributed by atoms with Crippen LogP contribution in [-0.4, -0.2) is 38.5 Å². The lowest BCUT2D eigenvalue weighted by Crippen LogP contribution is -2.50. The molecule has 11 heavy (non-hydrogen) atoms. The van der Waals surface area contributed by atoms with Crippen LogP contribution in [0.2, 0.25) is 0 Å². The molecular formula is C5H6N2O4. The number of aliphatic hydroxyl groups is 1. The van der Waals surface area contributed by atoms with E-state index in [9.17, 15) is 4.79 Å². The minimum Gasteiger partial charge on any atom is -0.476 e. The Morgan fingerprint density at radius 3 is 2.64 bits per heavy atom. The number of carboxylic acid groups (broad SMARTS) is 1. The lowest BCUT2D eigenvalue weighted by atomic mass is 10.4. The van der Waals surface area contributed by atoms with Gasteiger partial charge in [-0.05, 0) is 6.08 Å². The number of hydrogen-bond acceptors (Lipinski definition) is 5. The highest BCUT2D eigenvalue weighted by atomic mass is 16.6. The molecule has 0 bridgehead atoms. The number of hydroxylamine groups is 2. The fraction of sp³-hybridized carbons (Fsp3) is 0.200. The third-order valence-corrected chi connectivity index (χ3v) is 1.17. The lowest BCUT2D eigenvalue weighted by Gasteiger charge is -2.27. The summed E-state index contributed by atoms with van der Waals surface area (Å²) in [6.07, 6.45) is 3.36. The van der Waals surface area contributed by atoms with Crippen molar-refractivity contribution in [3.8, 4) is 0 Å². The van der Waals surface area contributed by atoms with Crippen LogP contribution in [0.5, 0.6) is 0 Å². The first-order valence-electron chi connectivity index (χ1n) is 2.73. The standard InChI is InChI=1S/C5H6N2O4/c8-4(9)5(10)6-2-1-3-7(5)11/h1-3,10-11H,(H,8,9). The number of rotatable bonds is 1. The van der Waals surface area contributed by atoms with Crippen LogP contribution in [0.4, 0.5) is 0 Å². The summed E-state index contributed by atoms with van der Waals surface area (Å²) in [5.41, 5.74) is 0. The van der Waals surface area contributed by atoms with Crippen molar-refractivity contribution in [2.24, 2.45) is 4.99 Å². The van der Waals surface area contributed by atoms with Crippen LogP contribution in [0.1, 0.15) is 0 Å². The van der Waals surface area contributed by atoms with E-state index in [2.05, 4.69) is 4.99 Å². The van der Waals surface area contributed by atoms with Crippen LogP contribution in [0.25, 0.3) is 0 Å². The highest BCUT2D eigenvalue weighted by molar-refractivity contribution is 5.82.